The highest BCUT2D eigenvalue weighted by Gasteiger charge is 2.22. The van der Waals surface area contributed by atoms with Crippen molar-refractivity contribution in [3.8, 4) is 5.75 Å². The standard InChI is InChI=1S/C22H28N6O4/c1-4-28-17(10-13(2)26-28)21(30)25-22-24-16-11-15(20(23)29)12-18-19(16)27(22)7-5-8-31-9-6-14(3)32-18/h10-12,14H,4-9H2,1-3H3,(H2,23,29)(H,24,25,30). The van der Waals surface area contributed by atoms with E-state index in [4.69, 9.17) is 15.2 Å². The van der Waals surface area contributed by atoms with Crippen molar-refractivity contribution in [2.24, 2.45) is 5.73 Å². The van der Waals surface area contributed by atoms with Gasteiger partial charge in [0.2, 0.25) is 11.9 Å². The quantitative estimate of drug-likeness (QED) is 0.642. The third kappa shape index (κ3) is 4.31. The Morgan fingerprint density at radius 1 is 1.28 bits per heavy atom. The molecule has 3 N–H and O–H groups in total. The molecule has 170 valence electrons. The third-order valence-electron chi connectivity index (χ3n) is 5.42. The van der Waals surface area contributed by atoms with Crippen molar-refractivity contribution in [3.63, 3.8) is 0 Å². The lowest BCUT2D eigenvalue weighted by molar-refractivity contribution is 0.0960. The average molecular weight is 441 g/mol. The van der Waals surface area contributed by atoms with E-state index in [1.165, 1.54) is 0 Å². The summed E-state index contributed by atoms with van der Waals surface area (Å²) in [7, 11) is 0. The predicted molar refractivity (Wildman–Crippen MR) is 119 cm³/mol. The number of anilines is 1. The molecule has 0 saturated carbocycles. The third-order valence-corrected chi connectivity index (χ3v) is 5.42. The van der Waals surface area contributed by atoms with Crippen LogP contribution >= 0.6 is 0 Å². The molecule has 0 bridgehead atoms. The van der Waals surface area contributed by atoms with Crippen LogP contribution in [-0.4, -0.2) is 50.5 Å². The van der Waals surface area contributed by atoms with Crippen LogP contribution in [0.1, 0.15) is 53.2 Å². The number of nitrogens with zero attached hydrogens (tertiary/aromatic N) is 4. The van der Waals surface area contributed by atoms with E-state index in [-0.39, 0.29) is 12.0 Å². The maximum atomic E-state index is 13.1. The Hall–Kier alpha value is -3.40. The van der Waals surface area contributed by atoms with Crippen molar-refractivity contribution in [1.29, 1.82) is 0 Å². The summed E-state index contributed by atoms with van der Waals surface area (Å²) in [5, 5.41) is 7.26. The van der Waals surface area contributed by atoms with Gasteiger partial charge in [0.15, 0.2) is 0 Å². The number of hydrogen-bond acceptors (Lipinski definition) is 6. The number of nitrogens with one attached hydrogen (secondary N) is 1. The summed E-state index contributed by atoms with van der Waals surface area (Å²) in [6.45, 7) is 8.00. The lowest BCUT2D eigenvalue weighted by atomic mass is 10.1. The monoisotopic (exact) mass is 440 g/mol. The van der Waals surface area contributed by atoms with Gasteiger partial charge < -0.3 is 19.8 Å². The molecule has 4 rings (SSSR count). The molecule has 1 atom stereocenters. The number of primary amides is 1. The molecular weight excluding hydrogens is 412 g/mol. The smallest absolute Gasteiger partial charge is 0.276 e. The second kappa shape index (κ2) is 8.99. The van der Waals surface area contributed by atoms with Gasteiger partial charge in [-0.1, -0.05) is 0 Å². The van der Waals surface area contributed by atoms with Gasteiger partial charge in [0, 0.05) is 31.7 Å². The number of carbonyl (C=O) groups is 2. The highest BCUT2D eigenvalue weighted by atomic mass is 16.5. The van der Waals surface area contributed by atoms with Crippen LogP contribution in [0.5, 0.6) is 5.75 Å². The number of carbonyl (C=O) groups excluding carboxylic acids is 2. The van der Waals surface area contributed by atoms with Gasteiger partial charge in [-0.2, -0.15) is 5.10 Å². The Kier molecular flexibility index (Phi) is 6.13. The summed E-state index contributed by atoms with van der Waals surface area (Å²) in [5.41, 5.74) is 8.29. The molecular formula is C22H28N6O4. The second-order valence-electron chi connectivity index (χ2n) is 7.92. The molecule has 10 nitrogen and oxygen atoms in total. The molecule has 3 heterocycles. The molecule has 0 radical (unpaired) electrons. The van der Waals surface area contributed by atoms with E-state index in [9.17, 15) is 9.59 Å². The first-order valence-corrected chi connectivity index (χ1v) is 10.8. The lowest BCUT2D eigenvalue weighted by Gasteiger charge is -2.16. The Morgan fingerprint density at radius 2 is 2.09 bits per heavy atom. The van der Waals surface area contributed by atoms with Crippen molar-refractivity contribution >= 4 is 28.8 Å². The Balaban J connectivity index is 1.81. The minimum atomic E-state index is -0.570. The number of benzene rings is 1. The predicted octanol–water partition coefficient (Wildman–Crippen LogP) is 2.49. The molecule has 1 aliphatic rings. The van der Waals surface area contributed by atoms with Crippen LogP contribution in [0.3, 0.4) is 0 Å². The SMILES string of the molecule is CCn1nc(C)cc1C(=O)Nc1nc2cc(C(N)=O)cc3c2n1CCCOCCC(C)O3. The fourth-order valence-electron chi connectivity index (χ4n) is 3.86. The van der Waals surface area contributed by atoms with Gasteiger partial charge in [-0.3, -0.25) is 19.6 Å². The molecule has 0 saturated heterocycles. The Bertz CT molecular complexity index is 1170. The number of rotatable bonds is 4. The summed E-state index contributed by atoms with van der Waals surface area (Å²) in [6, 6.07) is 5.00. The summed E-state index contributed by atoms with van der Waals surface area (Å²) in [4.78, 5) is 29.6. The minimum absolute atomic E-state index is 0.136. The maximum absolute atomic E-state index is 13.1. The van der Waals surface area contributed by atoms with E-state index in [0.717, 1.165) is 12.1 Å². The van der Waals surface area contributed by atoms with Gasteiger partial charge in [0.25, 0.3) is 5.91 Å². The molecule has 2 amide bonds. The topological polar surface area (TPSA) is 126 Å². The first-order valence-electron chi connectivity index (χ1n) is 10.8. The number of imidazole rings is 1. The molecule has 1 unspecified atom stereocenters. The van der Waals surface area contributed by atoms with Crippen molar-refractivity contribution in [1.82, 2.24) is 19.3 Å². The van der Waals surface area contributed by atoms with E-state index in [1.807, 2.05) is 25.3 Å². The minimum Gasteiger partial charge on any atom is -0.488 e. The molecule has 10 heteroatoms. The molecule has 1 aromatic carbocycles. The molecule has 0 fully saturated rings. The summed E-state index contributed by atoms with van der Waals surface area (Å²) in [6.07, 6.45) is 1.30. The van der Waals surface area contributed by atoms with Crippen LogP contribution in [0.4, 0.5) is 5.95 Å². The normalized spacial score (nSPS) is 16.9. The van der Waals surface area contributed by atoms with E-state index >= 15 is 0 Å². The lowest BCUT2D eigenvalue weighted by Crippen LogP contribution is -2.20. The van der Waals surface area contributed by atoms with Gasteiger partial charge in [-0.05, 0) is 45.4 Å². The van der Waals surface area contributed by atoms with E-state index < -0.39 is 5.91 Å². The summed E-state index contributed by atoms with van der Waals surface area (Å²) < 4.78 is 15.4. The van der Waals surface area contributed by atoms with Crippen LogP contribution in [0.2, 0.25) is 0 Å². The van der Waals surface area contributed by atoms with Crippen LogP contribution in [0.15, 0.2) is 18.2 Å². The largest absolute Gasteiger partial charge is 0.488 e. The highest BCUT2D eigenvalue weighted by molar-refractivity contribution is 6.04. The Labute approximate surface area is 185 Å². The zero-order valence-electron chi connectivity index (χ0n) is 18.6. The number of hydrogen-bond donors (Lipinski definition) is 2. The fourth-order valence-corrected chi connectivity index (χ4v) is 3.86. The zero-order chi connectivity index (χ0) is 22.8. The Morgan fingerprint density at radius 3 is 2.84 bits per heavy atom. The fraction of sp³-hybridized carbons (Fsp3) is 0.455. The molecule has 2 aromatic heterocycles. The van der Waals surface area contributed by atoms with E-state index in [1.54, 1.807) is 22.9 Å². The molecule has 3 aromatic rings. The van der Waals surface area contributed by atoms with Gasteiger partial charge in [0.1, 0.15) is 17.0 Å². The van der Waals surface area contributed by atoms with Crippen molar-refractivity contribution in [3.05, 3.63) is 35.2 Å². The number of amides is 2. The van der Waals surface area contributed by atoms with Crippen LogP contribution in [0.25, 0.3) is 11.0 Å². The van der Waals surface area contributed by atoms with Crippen molar-refractivity contribution in [2.75, 3.05) is 18.5 Å². The second-order valence-corrected chi connectivity index (χ2v) is 7.92. The molecule has 0 aliphatic carbocycles. The van der Waals surface area contributed by atoms with Crippen LogP contribution in [-0.2, 0) is 17.8 Å². The van der Waals surface area contributed by atoms with Gasteiger partial charge in [0.05, 0.1) is 23.9 Å². The van der Waals surface area contributed by atoms with Gasteiger partial charge >= 0.3 is 0 Å². The van der Waals surface area contributed by atoms with Crippen LogP contribution < -0.4 is 15.8 Å². The number of ether oxygens (including phenoxy) is 2. The summed E-state index contributed by atoms with van der Waals surface area (Å²) in [5.74, 6) is -0.00642. The molecule has 32 heavy (non-hydrogen) atoms. The first-order chi connectivity index (χ1) is 15.4. The number of aryl methyl sites for hydroxylation is 3. The van der Waals surface area contributed by atoms with Crippen molar-refractivity contribution < 1.29 is 19.1 Å². The number of nitrogens with two attached hydrogens (primary N) is 1. The van der Waals surface area contributed by atoms with E-state index in [2.05, 4.69) is 15.4 Å². The summed E-state index contributed by atoms with van der Waals surface area (Å²) >= 11 is 0. The zero-order valence-corrected chi connectivity index (χ0v) is 18.6. The number of aromatic nitrogens is 4. The van der Waals surface area contributed by atoms with Crippen LogP contribution in [0, 0.1) is 6.92 Å². The molecule has 0 spiro atoms. The van der Waals surface area contributed by atoms with Gasteiger partial charge in [-0.15, -0.1) is 0 Å². The highest BCUT2D eigenvalue weighted by Crippen LogP contribution is 2.32. The molecule has 1 aliphatic heterocycles. The maximum Gasteiger partial charge on any atom is 0.276 e. The van der Waals surface area contributed by atoms with Gasteiger partial charge in [-0.25, -0.2) is 4.98 Å². The van der Waals surface area contributed by atoms with E-state index in [0.29, 0.717) is 66.7 Å². The first kappa shape index (κ1) is 21.8. The van der Waals surface area contributed by atoms with Crippen molar-refractivity contribution in [2.45, 2.75) is 52.8 Å². The average Bonchev–Trinajstić information content (AvgIpc) is 3.29.